The highest BCUT2D eigenvalue weighted by molar-refractivity contribution is 6.35. The molecule has 4 aromatic rings. The van der Waals surface area contributed by atoms with Crippen molar-refractivity contribution in [2.24, 2.45) is 0 Å². The molecule has 12 heteroatoms. The van der Waals surface area contributed by atoms with Crippen LogP contribution in [0.4, 0.5) is 14.7 Å². The number of H-pyrrole nitrogens is 1. The highest BCUT2D eigenvalue weighted by Crippen LogP contribution is 2.25. The first kappa shape index (κ1) is 21.7. The Morgan fingerprint density at radius 2 is 1.88 bits per heavy atom. The molecule has 4 rings (SSSR count). The highest BCUT2D eigenvalue weighted by Gasteiger charge is 2.15. The predicted octanol–water partition coefficient (Wildman–Crippen LogP) is 4.88. The molecule has 0 saturated carbocycles. The molecule has 0 spiro atoms. The van der Waals surface area contributed by atoms with E-state index in [9.17, 15) is 13.6 Å². The van der Waals surface area contributed by atoms with Crippen LogP contribution in [0.25, 0.3) is 11.3 Å². The predicted molar refractivity (Wildman–Crippen MR) is 114 cm³/mol. The Morgan fingerprint density at radius 1 is 1.16 bits per heavy atom. The normalized spacial score (nSPS) is 11.0. The maximum absolute atomic E-state index is 12.5. The van der Waals surface area contributed by atoms with Crippen LogP contribution in [0.15, 0.2) is 54.9 Å². The summed E-state index contributed by atoms with van der Waals surface area (Å²) in [5, 5.41) is 14.5. The van der Waals surface area contributed by atoms with Crippen molar-refractivity contribution in [3.8, 4) is 17.0 Å². The van der Waals surface area contributed by atoms with Gasteiger partial charge >= 0.3 is 6.61 Å². The topological polar surface area (TPSA) is 97.7 Å². The number of nitrogens with one attached hydrogen (secondary N) is 2. The van der Waals surface area contributed by atoms with E-state index in [0.29, 0.717) is 26.9 Å². The van der Waals surface area contributed by atoms with Crippen LogP contribution in [0.5, 0.6) is 5.75 Å². The van der Waals surface area contributed by atoms with E-state index in [-0.39, 0.29) is 23.9 Å². The SMILES string of the molecule is O=C(Nc1ncn(Cc2c(Cl)cccc2Cl)n1)c1cc(-c2ccc(OC(F)F)cc2)n[nH]1. The van der Waals surface area contributed by atoms with Crippen molar-refractivity contribution in [2.75, 3.05) is 5.32 Å². The fourth-order valence-corrected chi connectivity index (χ4v) is 3.35. The van der Waals surface area contributed by atoms with Gasteiger partial charge in [0.05, 0.1) is 12.2 Å². The van der Waals surface area contributed by atoms with Crippen LogP contribution >= 0.6 is 23.2 Å². The maximum Gasteiger partial charge on any atom is 0.387 e. The summed E-state index contributed by atoms with van der Waals surface area (Å²) in [6.45, 7) is -2.62. The molecule has 2 N–H and O–H groups in total. The summed E-state index contributed by atoms with van der Waals surface area (Å²) < 4.78 is 30.3. The van der Waals surface area contributed by atoms with E-state index in [4.69, 9.17) is 23.2 Å². The van der Waals surface area contributed by atoms with Crippen LogP contribution in [0.1, 0.15) is 16.1 Å². The summed E-state index contributed by atoms with van der Waals surface area (Å²) in [6.07, 6.45) is 1.44. The Kier molecular flexibility index (Phi) is 6.33. The molecule has 32 heavy (non-hydrogen) atoms. The van der Waals surface area contributed by atoms with Gasteiger partial charge in [-0.2, -0.15) is 13.9 Å². The Morgan fingerprint density at radius 3 is 2.56 bits per heavy atom. The number of carbonyl (C=O) groups excluding carboxylic acids is 1. The molecule has 0 bridgehead atoms. The Labute approximate surface area is 190 Å². The van der Waals surface area contributed by atoms with Crippen molar-refractivity contribution in [3.63, 3.8) is 0 Å². The second-order valence-electron chi connectivity index (χ2n) is 6.49. The third kappa shape index (κ3) is 5.04. The van der Waals surface area contributed by atoms with E-state index in [1.54, 1.807) is 30.3 Å². The van der Waals surface area contributed by atoms with Gasteiger partial charge in [0.25, 0.3) is 5.91 Å². The molecule has 0 radical (unpaired) electrons. The molecular formula is C20H14Cl2F2N6O2. The van der Waals surface area contributed by atoms with Gasteiger partial charge in [0.2, 0.25) is 5.95 Å². The zero-order valence-electron chi connectivity index (χ0n) is 16.1. The number of nitrogens with zero attached hydrogens (tertiary/aromatic N) is 4. The van der Waals surface area contributed by atoms with Crippen LogP contribution in [0.3, 0.4) is 0 Å². The van der Waals surface area contributed by atoms with E-state index in [1.165, 1.54) is 29.2 Å². The van der Waals surface area contributed by atoms with E-state index in [2.05, 4.69) is 30.3 Å². The number of hydrogen-bond acceptors (Lipinski definition) is 5. The molecule has 0 aliphatic rings. The van der Waals surface area contributed by atoms with Gasteiger partial charge in [-0.05, 0) is 42.5 Å². The Bertz CT molecular complexity index is 1220. The Hall–Kier alpha value is -3.50. The van der Waals surface area contributed by atoms with Crippen LogP contribution < -0.4 is 10.1 Å². The summed E-state index contributed by atoms with van der Waals surface area (Å²) in [6, 6.07) is 12.6. The first-order valence-electron chi connectivity index (χ1n) is 9.13. The smallest absolute Gasteiger partial charge is 0.387 e. The number of anilines is 1. The first-order chi connectivity index (χ1) is 15.4. The number of rotatable bonds is 7. The number of carbonyl (C=O) groups is 1. The maximum atomic E-state index is 12.5. The molecule has 0 aliphatic carbocycles. The van der Waals surface area contributed by atoms with Gasteiger partial charge in [-0.15, -0.1) is 5.10 Å². The van der Waals surface area contributed by atoms with Crippen molar-refractivity contribution in [1.29, 1.82) is 0 Å². The third-order valence-corrected chi connectivity index (χ3v) is 5.05. The summed E-state index contributed by atoms with van der Waals surface area (Å²) in [4.78, 5) is 16.6. The van der Waals surface area contributed by atoms with Crippen molar-refractivity contribution >= 4 is 35.1 Å². The molecule has 164 valence electrons. The van der Waals surface area contributed by atoms with Crippen LogP contribution in [-0.4, -0.2) is 37.5 Å². The molecule has 2 aromatic heterocycles. The first-order valence-corrected chi connectivity index (χ1v) is 9.89. The minimum absolute atomic E-state index is 0.0250. The van der Waals surface area contributed by atoms with Gasteiger partial charge in [-0.25, -0.2) is 9.67 Å². The van der Waals surface area contributed by atoms with Crippen LogP contribution in [0, 0.1) is 0 Å². The van der Waals surface area contributed by atoms with Crippen LogP contribution in [-0.2, 0) is 6.54 Å². The quantitative estimate of drug-likeness (QED) is 0.394. The number of alkyl halides is 2. The van der Waals surface area contributed by atoms with E-state index in [0.717, 1.165) is 0 Å². The van der Waals surface area contributed by atoms with Crippen LogP contribution in [0.2, 0.25) is 10.0 Å². The molecule has 0 fully saturated rings. The van der Waals surface area contributed by atoms with Gasteiger partial charge in [0.1, 0.15) is 17.8 Å². The zero-order valence-corrected chi connectivity index (χ0v) is 17.6. The minimum Gasteiger partial charge on any atom is -0.435 e. The lowest BCUT2D eigenvalue weighted by Crippen LogP contribution is -2.14. The average Bonchev–Trinajstić information content (AvgIpc) is 3.41. The second-order valence-corrected chi connectivity index (χ2v) is 7.30. The van der Waals surface area contributed by atoms with Crippen molar-refractivity contribution in [3.05, 3.63) is 76.2 Å². The van der Waals surface area contributed by atoms with E-state index in [1.807, 2.05) is 0 Å². The number of ether oxygens (including phenoxy) is 1. The lowest BCUT2D eigenvalue weighted by Gasteiger charge is -2.06. The summed E-state index contributed by atoms with van der Waals surface area (Å²) in [5.41, 5.74) is 1.91. The number of halogens is 4. The van der Waals surface area contributed by atoms with Gasteiger partial charge < -0.3 is 4.74 Å². The van der Waals surface area contributed by atoms with Gasteiger partial charge in [0.15, 0.2) is 0 Å². The second kappa shape index (κ2) is 9.33. The van der Waals surface area contributed by atoms with Crippen molar-refractivity contribution in [2.45, 2.75) is 13.2 Å². The lowest BCUT2D eigenvalue weighted by atomic mass is 10.1. The highest BCUT2D eigenvalue weighted by atomic mass is 35.5. The fraction of sp³-hybridized carbons (Fsp3) is 0.100. The monoisotopic (exact) mass is 478 g/mol. The standard InChI is InChI=1S/C20H14Cl2F2N6O2/c21-14-2-1-3-15(22)13(14)9-30-10-25-20(29-30)26-18(31)17-8-16(27-28-17)11-4-6-12(7-5-11)32-19(23)24/h1-8,10,19H,9H2,(H,27,28)(H,26,29,31). The molecule has 0 atom stereocenters. The molecule has 0 aliphatic heterocycles. The molecular weight excluding hydrogens is 465 g/mol. The third-order valence-electron chi connectivity index (χ3n) is 4.34. The largest absolute Gasteiger partial charge is 0.435 e. The van der Waals surface area contributed by atoms with E-state index < -0.39 is 12.5 Å². The van der Waals surface area contributed by atoms with Crippen molar-refractivity contribution < 1.29 is 18.3 Å². The van der Waals surface area contributed by atoms with E-state index >= 15 is 0 Å². The lowest BCUT2D eigenvalue weighted by molar-refractivity contribution is -0.0498. The molecule has 0 unspecified atom stereocenters. The summed E-state index contributed by atoms with van der Waals surface area (Å²) >= 11 is 12.3. The molecule has 1 amide bonds. The molecule has 2 aromatic carbocycles. The average molecular weight is 479 g/mol. The van der Waals surface area contributed by atoms with Gasteiger partial charge in [0, 0.05) is 21.2 Å². The Balaban J connectivity index is 1.41. The molecule has 8 nitrogen and oxygen atoms in total. The zero-order chi connectivity index (χ0) is 22.7. The van der Waals surface area contributed by atoms with Gasteiger partial charge in [-0.1, -0.05) is 29.3 Å². The summed E-state index contributed by atoms with van der Waals surface area (Å²) in [5.74, 6) is -0.394. The number of aromatic nitrogens is 5. The number of hydrogen-bond donors (Lipinski definition) is 2. The van der Waals surface area contributed by atoms with Gasteiger partial charge in [-0.3, -0.25) is 15.2 Å². The number of benzene rings is 2. The fourth-order valence-electron chi connectivity index (χ4n) is 2.84. The number of aromatic amines is 1. The van der Waals surface area contributed by atoms with Crippen molar-refractivity contribution in [1.82, 2.24) is 25.0 Å². The minimum atomic E-state index is -2.90. The number of amides is 1. The molecule has 0 saturated heterocycles. The molecule has 2 heterocycles. The summed E-state index contributed by atoms with van der Waals surface area (Å²) in [7, 11) is 0.